The summed E-state index contributed by atoms with van der Waals surface area (Å²) in [6.45, 7) is 0. The number of nitrogens with zero attached hydrogens (tertiary/aromatic N) is 4. The quantitative estimate of drug-likeness (QED) is 0.0400. The Balaban J connectivity index is 0.00000704. The number of aromatic hydroxyl groups is 2. The molecule has 22 nitrogen and oxygen atoms in total. The number of phenolic OH excluding ortho intramolecular Hbond substituents is 2. The number of azo groups is 2. The topological polar surface area (TPSA) is 378 Å². The Labute approximate surface area is 367 Å². The van der Waals surface area contributed by atoms with Crippen LogP contribution in [-0.2, 0) is 40.5 Å². The van der Waals surface area contributed by atoms with Gasteiger partial charge in [-0.2, -0.15) is 33.7 Å². The molecule has 0 aliphatic heterocycles. The van der Waals surface area contributed by atoms with E-state index >= 15 is 0 Å². The van der Waals surface area contributed by atoms with Crippen molar-refractivity contribution >= 4 is 96.1 Å². The molecular weight excluding hydrogens is 900 g/mol. The monoisotopic (exact) mass is 927 g/mol. The molecule has 0 aromatic heterocycles. The van der Waals surface area contributed by atoms with Gasteiger partial charge in [0.1, 0.15) is 53.8 Å². The van der Waals surface area contributed by atoms with Gasteiger partial charge in [-0.1, -0.05) is 24.3 Å². The van der Waals surface area contributed by atoms with Gasteiger partial charge in [-0.25, -0.2) is 0 Å². The Morgan fingerprint density at radius 1 is 0.459 bits per heavy atom. The van der Waals surface area contributed by atoms with E-state index in [-0.39, 0.29) is 74.6 Å². The van der Waals surface area contributed by atoms with Gasteiger partial charge < -0.3 is 31.2 Å². The summed E-state index contributed by atoms with van der Waals surface area (Å²) in [6.07, 6.45) is 0. The van der Waals surface area contributed by atoms with Crippen LogP contribution in [0.25, 0.3) is 32.7 Å². The number of rotatable bonds is 11. The molecule has 61 heavy (non-hydrogen) atoms. The number of hydrogen-bond acceptors (Lipinski definition) is 18. The number of phenols is 2. The first-order chi connectivity index (χ1) is 27.9. The molecule has 10 N–H and O–H groups in total. The molecule has 0 radical (unpaired) electrons. The number of methoxy groups -OCH3 is 2. The summed E-state index contributed by atoms with van der Waals surface area (Å²) in [6, 6.07) is 14.5. The second-order valence-corrected chi connectivity index (χ2v) is 17.9. The first kappa shape index (κ1) is 46.5. The number of nitrogen functional groups attached to an aromatic ring is 2. The Bertz CT molecular complexity index is 3130. The zero-order valence-electron chi connectivity index (χ0n) is 31.3. The fraction of sp³-hybridized carbons (Fsp3) is 0.0588. The average Bonchev–Trinajstić information content (AvgIpc) is 3.15. The van der Waals surface area contributed by atoms with Crippen molar-refractivity contribution in [3.8, 4) is 34.1 Å². The van der Waals surface area contributed by atoms with Crippen LogP contribution in [0.3, 0.4) is 0 Å². The largest absolute Gasteiger partial charge is 1.00 e. The zero-order chi connectivity index (χ0) is 44.3. The van der Waals surface area contributed by atoms with Gasteiger partial charge >= 0.3 is 29.6 Å². The van der Waals surface area contributed by atoms with Crippen molar-refractivity contribution in [2.45, 2.75) is 19.6 Å². The molecular formula is C34H28N6NaO16S4+. The molecule has 314 valence electrons. The van der Waals surface area contributed by atoms with Crippen LogP contribution in [-0.4, -0.2) is 76.3 Å². The van der Waals surface area contributed by atoms with Crippen LogP contribution in [0.1, 0.15) is 0 Å². The summed E-state index contributed by atoms with van der Waals surface area (Å²) in [5.41, 5.74) is 11.0. The Morgan fingerprint density at radius 2 is 0.754 bits per heavy atom. The number of nitrogens with two attached hydrogens (primary N) is 2. The van der Waals surface area contributed by atoms with Crippen LogP contribution in [0.4, 0.5) is 34.1 Å². The first-order valence-corrected chi connectivity index (χ1v) is 21.9. The second kappa shape index (κ2) is 16.7. The molecule has 6 rings (SSSR count). The fourth-order valence-electron chi connectivity index (χ4n) is 6.02. The van der Waals surface area contributed by atoms with E-state index in [2.05, 4.69) is 20.5 Å². The van der Waals surface area contributed by atoms with Crippen molar-refractivity contribution in [1.29, 1.82) is 0 Å². The van der Waals surface area contributed by atoms with E-state index in [0.717, 1.165) is 24.3 Å². The minimum absolute atomic E-state index is 0. The summed E-state index contributed by atoms with van der Waals surface area (Å²) in [5, 5.41) is 36.3. The van der Waals surface area contributed by atoms with E-state index in [1.165, 1.54) is 26.4 Å². The minimum atomic E-state index is -5.13. The molecule has 6 aromatic carbocycles. The first-order valence-electron chi connectivity index (χ1n) is 16.1. The fourth-order valence-corrected chi connectivity index (χ4v) is 8.89. The van der Waals surface area contributed by atoms with Crippen LogP contribution in [0.15, 0.2) is 113 Å². The number of anilines is 2. The predicted molar refractivity (Wildman–Crippen MR) is 213 cm³/mol. The smallest absolute Gasteiger partial charge is 0.505 e. The molecule has 0 heterocycles. The third-order valence-electron chi connectivity index (χ3n) is 8.77. The number of benzene rings is 6. The number of fused-ring (bicyclic) bond motifs is 2. The molecule has 0 amide bonds. The maximum absolute atomic E-state index is 12.0. The van der Waals surface area contributed by atoms with Crippen LogP contribution in [0.2, 0.25) is 0 Å². The van der Waals surface area contributed by atoms with Gasteiger partial charge in [-0.3, -0.25) is 18.2 Å². The van der Waals surface area contributed by atoms with Crippen LogP contribution in [0, 0.1) is 0 Å². The van der Waals surface area contributed by atoms with Crippen LogP contribution >= 0.6 is 0 Å². The molecule has 0 saturated heterocycles. The van der Waals surface area contributed by atoms with Gasteiger partial charge in [0.15, 0.2) is 11.5 Å². The summed E-state index contributed by atoms with van der Waals surface area (Å²) in [7, 11) is -17.8. The van der Waals surface area contributed by atoms with Crippen molar-refractivity contribution in [2.75, 3.05) is 25.7 Å². The number of ether oxygens (including phenoxy) is 2. The van der Waals surface area contributed by atoms with E-state index in [1.807, 2.05) is 0 Å². The van der Waals surface area contributed by atoms with Gasteiger partial charge in [0.25, 0.3) is 40.5 Å². The maximum atomic E-state index is 12.0. The van der Waals surface area contributed by atoms with Gasteiger partial charge in [0.05, 0.1) is 36.4 Å². The molecule has 0 unspecified atom stereocenters. The van der Waals surface area contributed by atoms with Gasteiger partial charge in [0, 0.05) is 10.8 Å². The average molecular weight is 928 g/mol. The van der Waals surface area contributed by atoms with Gasteiger partial charge in [0.2, 0.25) is 0 Å². The van der Waals surface area contributed by atoms with Crippen LogP contribution < -0.4 is 50.5 Å². The van der Waals surface area contributed by atoms with E-state index in [9.17, 15) is 62.1 Å². The summed E-state index contributed by atoms with van der Waals surface area (Å²) < 4.78 is 145. The van der Waals surface area contributed by atoms with Crippen molar-refractivity contribution in [2.24, 2.45) is 20.5 Å². The minimum Gasteiger partial charge on any atom is -0.505 e. The second-order valence-electron chi connectivity index (χ2n) is 12.4. The van der Waals surface area contributed by atoms with Gasteiger partial charge in [-0.15, -0.1) is 20.5 Å². The Hall–Kier alpha value is -5.52. The molecule has 27 heteroatoms. The van der Waals surface area contributed by atoms with Crippen molar-refractivity contribution in [1.82, 2.24) is 0 Å². The normalized spacial score (nSPS) is 12.6. The third kappa shape index (κ3) is 9.09. The maximum Gasteiger partial charge on any atom is 1.00 e. The molecule has 0 atom stereocenters. The molecule has 0 fully saturated rings. The molecule has 6 aromatic rings. The molecule has 0 aliphatic carbocycles. The van der Waals surface area contributed by atoms with E-state index < -0.39 is 93.7 Å². The SMILES string of the molecule is COc1cc(-c2ccc(N=Nc3ccc4c(S(=O)(=O)O)cc(S(=O)(=O)O)c(N)c4c3O)c(OC)c2)ccc1N=Nc1ccc2c(S(=O)(=O)O)cc(S(=O)(=O)O)c(N)c2c1O.[Na+]. The zero-order valence-corrected chi connectivity index (χ0v) is 36.5. The summed E-state index contributed by atoms with van der Waals surface area (Å²) >= 11 is 0. The van der Waals surface area contributed by atoms with E-state index in [4.69, 9.17) is 20.9 Å². The van der Waals surface area contributed by atoms with Crippen molar-refractivity contribution in [3.05, 3.63) is 72.8 Å². The summed E-state index contributed by atoms with van der Waals surface area (Å²) in [5.74, 6) is -1.36. The van der Waals surface area contributed by atoms with E-state index in [1.54, 1.807) is 24.3 Å². The van der Waals surface area contributed by atoms with Crippen molar-refractivity contribution < 1.29 is 101 Å². The number of hydrogen-bond donors (Lipinski definition) is 8. The molecule has 0 aliphatic rings. The molecule has 0 bridgehead atoms. The van der Waals surface area contributed by atoms with Crippen LogP contribution in [0.5, 0.6) is 23.0 Å². The predicted octanol–water partition coefficient (Wildman–Crippen LogP) is 3.07. The molecule has 0 spiro atoms. The third-order valence-corrected chi connectivity index (χ3v) is 12.3. The van der Waals surface area contributed by atoms with Crippen molar-refractivity contribution in [3.63, 3.8) is 0 Å². The Morgan fingerprint density at radius 3 is 1.05 bits per heavy atom. The van der Waals surface area contributed by atoms with E-state index in [0.29, 0.717) is 23.3 Å². The summed E-state index contributed by atoms with van der Waals surface area (Å²) in [4.78, 5) is -4.11. The Kier molecular flexibility index (Phi) is 12.8. The molecule has 0 saturated carbocycles. The standard InChI is InChI=1S/C34H28N6O16S4.Na/c1-55-23-11-15(3-7-19(23)37-39-21-9-5-17-25(57(43,44)45)13-27(59(49,50)51)31(35)29(17)33(21)41)16-4-8-20(24(12-16)56-2)38-40-22-10-6-18-26(58(46,47)48)14-28(60(52,53)54)32(36)30(18)34(22)42;/h3-14,41-42H,35-36H2,1-2H3,(H,43,44,45)(H,46,47,48)(H,49,50,51)(H,52,53,54);/q;+1. The van der Waals surface area contributed by atoms with Gasteiger partial charge in [-0.05, 0) is 59.7 Å².